The molecule has 0 amide bonds. The Balaban J connectivity index is 2.29. The molecule has 0 heterocycles. The van der Waals surface area contributed by atoms with Gasteiger partial charge in [-0.3, -0.25) is 4.79 Å². The number of carbonyl (C=O) groups excluding carboxylic acids is 1. The van der Waals surface area contributed by atoms with Gasteiger partial charge in [-0.25, -0.2) is 0 Å². The van der Waals surface area contributed by atoms with Crippen molar-refractivity contribution in [2.24, 2.45) is 23.7 Å². The number of aliphatic hydroxyl groups is 1. The van der Waals surface area contributed by atoms with Gasteiger partial charge in [0.1, 0.15) is 5.60 Å². The number of hydrogen-bond acceptors (Lipinski definition) is 2. The van der Waals surface area contributed by atoms with Gasteiger partial charge in [-0.1, -0.05) is 57.5 Å². The minimum atomic E-state index is -1.27. The zero-order valence-electron chi connectivity index (χ0n) is 13.7. The Morgan fingerprint density at radius 3 is 2.43 bits per heavy atom. The molecular weight excluding hydrogens is 260 g/mol. The predicted molar refractivity (Wildman–Crippen MR) is 86.2 cm³/mol. The van der Waals surface area contributed by atoms with Gasteiger partial charge in [-0.05, 0) is 43.4 Å². The molecule has 2 heteroatoms. The second-order valence-corrected chi connectivity index (χ2v) is 7.28. The molecule has 2 nitrogen and oxygen atoms in total. The van der Waals surface area contributed by atoms with Crippen LogP contribution >= 0.6 is 0 Å². The Bertz CT molecular complexity index is 476. The molecule has 0 spiro atoms. The van der Waals surface area contributed by atoms with Gasteiger partial charge in [0.15, 0.2) is 5.78 Å². The predicted octanol–water partition coefficient (Wildman–Crippen LogP) is 4.33. The highest BCUT2D eigenvalue weighted by Crippen LogP contribution is 2.44. The summed E-state index contributed by atoms with van der Waals surface area (Å²) in [6, 6.07) is 9.20. The van der Waals surface area contributed by atoms with E-state index in [-0.39, 0.29) is 11.7 Å². The monoisotopic (exact) mass is 288 g/mol. The summed E-state index contributed by atoms with van der Waals surface area (Å²) >= 11 is 0. The Morgan fingerprint density at radius 2 is 1.86 bits per heavy atom. The lowest BCUT2D eigenvalue weighted by molar-refractivity contribution is -0.0406. The number of hydrogen-bond donors (Lipinski definition) is 1. The maximum Gasteiger partial charge on any atom is 0.194 e. The van der Waals surface area contributed by atoms with Gasteiger partial charge in [-0.15, -0.1) is 0 Å². The van der Waals surface area contributed by atoms with Gasteiger partial charge in [0.2, 0.25) is 0 Å². The lowest BCUT2D eigenvalue weighted by Crippen LogP contribution is -2.49. The molecule has 1 aliphatic carbocycles. The zero-order chi connectivity index (χ0) is 15.6. The van der Waals surface area contributed by atoms with Crippen LogP contribution in [-0.2, 0) is 0 Å². The van der Waals surface area contributed by atoms with Gasteiger partial charge in [0.05, 0.1) is 0 Å². The van der Waals surface area contributed by atoms with Crippen LogP contribution in [0.1, 0.15) is 57.3 Å². The SMILES string of the molecule is CC1CCC(C(C)C)C(C(C)(O)C(=O)c2ccccc2)C1. The number of rotatable bonds is 4. The Kier molecular flexibility index (Phi) is 4.88. The normalized spacial score (nSPS) is 29.1. The van der Waals surface area contributed by atoms with Crippen molar-refractivity contribution in [3.63, 3.8) is 0 Å². The third kappa shape index (κ3) is 3.37. The first-order valence-corrected chi connectivity index (χ1v) is 8.16. The summed E-state index contributed by atoms with van der Waals surface area (Å²) in [5.41, 5.74) is -0.659. The summed E-state index contributed by atoms with van der Waals surface area (Å²) in [5.74, 6) is 1.42. The van der Waals surface area contributed by atoms with Crippen LogP contribution in [0.5, 0.6) is 0 Å². The van der Waals surface area contributed by atoms with Crippen LogP contribution in [-0.4, -0.2) is 16.5 Å². The number of benzene rings is 1. The fourth-order valence-corrected chi connectivity index (χ4v) is 3.90. The maximum atomic E-state index is 12.8. The molecule has 2 rings (SSSR count). The van der Waals surface area contributed by atoms with Crippen molar-refractivity contribution in [2.75, 3.05) is 0 Å². The molecule has 4 atom stereocenters. The molecule has 0 bridgehead atoms. The van der Waals surface area contributed by atoms with Gasteiger partial charge in [0.25, 0.3) is 0 Å². The highest BCUT2D eigenvalue weighted by Gasteiger charge is 2.46. The van der Waals surface area contributed by atoms with Crippen LogP contribution in [0.2, 0.25) is 0 Å². The average molecular weight is 288 g/mol. The van der Waals surface area contributed by atoms with Gasteiger partial charge in [0, 0.05) is 5.56 Å². The van der Waals surface area contributed by atoms with E-state index in [2.05, 4.69) is 20.8 Å². The van der Waals surface area contributed by atoms with Crippen molar-refractivity contribution >= 4 is 5.78 Å². The molecule has 0 aromatic heterocycles. The van der Waals surface area contributed by atoms with E-state index in [0.29, 0.717) is 23.3 Å². The third-order valence-electron chi connectivity index (χ3n) is 5.24. The van der Waals surface area contributed by atoms with Crippen LogP contribution in [0.15, 0.2) is 30.3 Å². The van der Waals surface area contributed by atoms with E-state index < -0.39 is 5.60 Å². The Hall–Kier alpha value is -1.15. The van der Waals surface area contributed by atoms with Crippen molar-refractivity contribution in [1.82, 2.24) is 0 Å². The molecule has 0 radical (unpaired) electrons. The summed E-state index contributed by atoms with van der Waals surface area (Å²) in [6.45, 7) is 8.36. The fraction of sp³-hybridized carbons (Fsp3) is 0.632. The molecule has 1 aromatic carbocycles. The molecule has 1 N–H and O–H groups in total. The summed E-state index contributed by atoms with van der Waals surface area (Å²) in [4.78, 5) is 12.8. The van der Waals surface area contributed by atoms with Crippen LogP contribution in [0, 0.1) is 23.7 Å². The Labute approximate surface area is 128 Å². The van der Waals surface area contributed by atoms with Crippen molar-refractivity contribution in [2.45, 2.75) is 52.6 Å². The average Bonchev–Trinajstić information content (AvgIpc) is 2.47. The van der Waals surface area contributed by atoms with Crippen LogP contribution < -0.4 is 0 Å². The first-order chi connectivity index (χ1) is 9.84. The van der Waals surface area contributed by atoms with Crippen LogP contribution in [0.25, 0.3) is 0 Å². The minimum Gasteiger partial charge on any atom is -0.382 e. The van der Waals surface area contributed by atoms with Crippen LogP contribution in [0.4, 0.5) is 0 Å². The maximum absolute atomic E-state index is 12.8. The number of carbonyl (C=O) groups is 1. The van der Waals surface area contributed by atoms with E-state index in [4.69, 9.17) is 0 Å². The highest BCUT2D eigenvalue weighted by atomic mass is 16.3. The van der Waals surface area contributed by atoms with E-state index in [1.54, 1.807) is 19.1 Å². The van der Waals surface area contributed by atoms with E-state index in [1.165, 1.54) is 6.42 Å². The highest BCUT2D eigenvalue weighted by molar-refractivity contribution is 6.02. The van der Waals surface area contributed by atoms with E-state index >= 15 is 0 Å². The van der Waals surface area contributed by atoms with Crippen molar-refractivity contribution in [3.05, 3.63) is 35.9 Å². The number of Topliss-reactive ketones (excluding diaryl/α,β-unsaturated/α-hetero) is 1. The van der Waals surface area contributed by atoms with Crippen LogP contribution in [0.3, 0.4) is 0 Å². The second-order valence-electron chi connectivity index (χ2n) is 7.28. The Morgan fingerprint density at radius 1 is 1.24 bits per heavy atom. The molecule has 1 saturated carbocycles. The lowest BCUT2D eigenvalue weighted by Gasteiger charge is -2.44. The first-order valence-electron chi connectivity index (χ1n) is 8.16. The lowest BCUT2D eigenvalue weighted by atomic mass is 9.62. The van der Waals surface area contributed by atoms with Gasteiger partial charge in [-0.2, -0.15) is 0 Å². The summed E-state index contributed by atoms with van der Waals surface area (Å²) < 4.78 is 0. The molecule has 0 saturated heterocycles. The van der Waals surface area contributed by atoms with Crippen molar-refractivity contribution in [3.8, 4) is 0 Å². The number of ketones is 1. The third-order valence-corrected chi connectivity index (χ3v) is 5.24. The summed E-state index contributed by atoms with van der Waals surface area (Å²) in [7, 11) is 0. The zero-order valence-corrected chi connectivity index (χ0v) is 13.7. The molecule has 1 fully saturated rings. The molecule has 0 aliphatic heterocycles. The molecule has 1 aliphatic rings. The van der Waals surface area contributed by atoms with Gasteiger partial charge < -0.3 is 5.11 Å². The van der Waals surface area contributed by atoms with Crippen molar-refractivity contribution in [1.29, 1.82) is 0 Å². The molecular formula is C19H28O2. The quantitative estimate of drug-likeness (QED) is 0.837. The molecule has 116 valence electrons. The second kappa shape index (κ2) is 6.31. The fourth-order valence-electron chi connectivity index (χ4n) is 3.90. The summed E-state index contributed by atoms with van der Waals surface area (Å²) in [6.07, 6.45) is 3.26. The first kappa shape index (κ1) is 16.2. The molecule has 1 aromatic rings. The minimum absolute atomic E-state index is 0.0500. The topological polar surface area (TPSA) is 37.3 Å². The smallest absolute Gasteiger partial charge is 0.194 e. The summed E-state index contributed by atoms with van der Waals surface area (Å²) in [5, 5.41) is 11.0. The van der Waals surface area contributed by atoms with E-state index in [1.807, 2.05) is 18.2 Å². The van der Waals surface area contributed by atoms with E-state index in [9.17, 15) is 9.90 Å². The largest absolute Gasteiger partial charge is 0.382 e. The molecule has 21 heavy (non-hydrogen) atoms. The van der Waals surface area contributed by atoms with E-state index in [0.717, 1.165) is 12.8 Å². The van der Waals surface area contributed by atoms with Crippen molar-refractivity contribution < 1.29 is 9.90 Å². The molecule has 4 unspecified atom stereocenters. The van der Waals surface area contributed by atoms with Gasteiger partial charge >= 0.3 is 0 Å². The standard InChI is InChI=1S/C19H28O2/c1-13(2)16-11-10-14(3)12-17(16)19(4,21)18(20)15-8-6-5-7-9-15/h5-9,13-14,16-17,21H,10-12H2,1-4H3.